The molecule has 1 fully saturated rings. The van der Waals surface area contributed by atoms with Crippen LogP contribution >= 0.6 is 23.1 Å². The number of aromatic nitrogens is 2. The van der Waals surface area contributed by atoms with Crippen molar-refractivity contribution in [1.82, 2.24) is 9.36 Å². The van der Waals surface area contributed by atoms with E-state index in [0.29, 0.717) is 10.4 Å². The molecule has 0 spiro atoms. The van der Waals surface area contributed by atoms with Crippen LogP contribution in [0.25, 0.3) is 0 Å². The molecule has 0 unspecified atom stereocenters. The first-order valence-electron chi connectivity index (χ1n) is 5.66. The van der Waals surface area contributed by atoms with E-state index in [9.17, 15) is 0 Å². The predicted octanol–water partition coefficient (Wildman–Crippen LogP) is 4.12. The van der Waals surface area contributed by atoms with Gasteiger partial charge in [0.15, 0.2) is 0 Å². The molecule has 2 nitrogen and oxygen atoms in total. The molecular formula is C11H17ClN2S. The Morgan fingerprint density at radius 1 is 1.27 bits per heavy atom. The highest BCUT2D eigenvalue weighted by Gasteiger charge is 2.26. The predicted molar refractivity (Wildman–Crippen MR) is 64.5 cm³/mol. The standard InChI is InChI=1S/C11H17ClN2S/c1-7(2)8-3-5-9(6-4-8)10-13-11(12)15-14-10/h7-9H,3-6H2,1-2H3. The third-order valence-electron chi connectivity index (χ3n) is 3.50. The van der Waals surface area contributed by atoms with Gasteiger partial charge in [-0.3, -0.25) is 0 Å². The van der Waals surface area contributed by atoms with Crippen molar-refractivity contribution < 1.29 is 0 Å². The lowest BCUT2D eigenvalue weighted by molar-refractivity contribution is 0.255. The van der Waals surface area contributed by atoms with Crippen LogP contribution in [0.15, 0.2) is 0 Å². The Hall–Kier alpha value is -0.150. The third kappa shape index (κ3) is 2.70. The highest BCUT2D eigenvalue weighted by Crippen LogP contribution is 2.38. The number of hydrogen-bond donors (Lipinski definition) is 0. The van der Waals surface area contributed by atoms with E-state index in [1.54, 1.807) is 0 Å². The molecule has 0 aromatic carbocycles. The van der Waals surface area contributed by atoms with Crippen LogP contribution in [0.3, 0.4) is 0 Å². The molecule has 4 heteroatoms. The maximum Gasteiger partial charge on any atom is 0.203 e. The van der Waals surface area contributed by atoms with Crippen molar-refractivity contribution in [2.24, 2.45) is 11.8 Å². The van der Waals surface area contributed by atoms with Gasteiger partial charge < -0.3 is 0 Å². The molecular weight excluding hydrogens is 228 g/mol. The minimum absolute atomic E-state index is 0.559. The summed E-state index contributed by atoms with van der Waals surface area (Å²) in [5, 5.41) is 0. The molecule has 1 saturated carbocycles. The van der Waals surface area contributed by atoms with Crippen molar-refractivity contribution in [2.75, 3.05) is 0 Å². The largest absolute Gasteiger partial charge is 0.208 e. The fourth-order valence-corrected chi connectivity index (χ4v) is 3.11. The number of hydrogen-bond acceptors (Lipinski definition) is 3. The van der Waals surface area contributed by atoms with Gasteiger partial charge in [-0.2, -0.15) is 4.37 Å². The van der Waals surface area contributed by atoms with Crippen molar-refractivity contribution >= 4 is 23.1 Å². The SMILES string of the molecule is CC(C)C1CCC(c2nsc(Cl)n2)CC1. The van der Waals surface area contributed by atoms with Gasteiger partial charge in [0.05, 0.1) is 0 Å². The first-order chi connectivity index (χ1) is 7.16. The fraction of sp³-hybridized carbons (Fsp3) is 0.818. The summed E-state index contributed by atoms with van der Waals surface area (Å²) in [5.74, 6) is 3.25. The summed E-state index contributed by atoms with van der Waals surface area (Å²) in [7, 11) is 0. The molecule has 84 valence electrons. The molecule has 1 aromatic heterocycles. The lowest BCUT2D eigenvalue weighted by Gasteiger charge is -2.29. The summed E-state index contributed by atoms with van der Waals surface area (Å²) in [6, 6.07) is 0. The van der Waals surface area contributed by atoms with Gasteiger partial charge in [-0.1, -0.05) is 13.8 Å². The third-order valence-corrected chi connectivity index (χ3v) is 4.31. The zero-order valence-electron chi connectivity index (χ0n) is 9.24. The highest BCUT2D eigenvalue weighted by atomic mass is 35.5. The average Bonchev–Trinajstić information content (AvgIpc) is 2.65. The first-order valence-corrected chi connectivity index (χ1v) is 6.81. The molecule has 0 bridgehead atoms. The van der Waals surface area contributed by atoms with Crippen LogP contribution < -0.4 is 0 Å². The minimum Gasteiger partial charge on any atom is -0.208 e. The van der Waals surface area contributed by atoms with Crippen LogP contribution in [0.2, 0.25) is 4.47 Å². The molecule has 1 aromatic rings. The minimum atomic E-state index is 0.559. The van der Waals surface area contributed by atoms with Crippen molar-refractivity contribution in [3.8, 4) is 0 Å². The van der Waals surface area contributed by atoms with Gasteiger partial charge in [0.1, 0.15) is 5.82 Å². The Morgan fingerprint density at radius 2 is 1.93 bits per heavy atom. The normalized spacial score (nSPS) is 27.2. The first kappa shape index (κ1) is 11.3. The van der Waals surface area contributed by atoms with Crippen LogP contribution in [-0.4, -0.2) is 9.36 Å². The Labute approximate surface area is 100 Å². The van der Waals surface area contributed by atoms with Crippen molar-refractivity contribution in [2.45, 2.75) is 45.4 Å². The summed E-state index contributed by atoms with van der Waals surface area (Å²) in [6.45, 7) is 4.64. The van der Waals surface area contributed by atoms with E-state index in [1.165, 1.54) is 37.2 Å². The number of halogens is 1. The van der Waals surface area contributed by atoms with Gasteiger partial charge in [-0.05, 0) is 60.7 Å². The van der Waals surface area contributed by atoms with E-state index in [2.05, 4.69) is 23.2 Å². The second-order valence-corrected chi connectivity index (χ2v) is 6.10. The summed E-state index contributed by atoms with van der Waals surface area (Å²) in [4.78, 5) is 4.28. The Morgan fingerprint density at radius 3 is 2.40 bits per heavy atom. The smallest absolute Gasteiger partial charge is 0.203 e. The quantitative estimate of drug-likeness (QED) is 0.782. The summed E-state index contributed by atoms with van der Waals surface area (Å²) < 4.78 is 4.89. The molecule has 0 aliphatic heterocycles. The van der Waals surface area contributed by atoms with E-state index in [-0.39, 0.29) is 0 Å². The monoisotopic (exact) mass is 244 g/mol. The molecule has 0 radical (unpaired) electrons. The van der Waals surface area contributed by atoms with Crippen molar-refractivity contribution in [1.29, 1.82) is 0 Å². The van der Waals surface area contributed by atoms with Gasteiger partial charge in [-0.15, -0.1) is 0 Å². The Balaban J connectivity index is 1.93. The molecule has 1 heterocycles. The second kappa shape index (κ2) is 4.79. The lowest BCUT2D eigenvalue weighted by Crippen LogP contribution is -2.18. The molecule has 2 rings (SSSR count). The maximum atomic E-state index is 5.80. The summed E-state index contributed by atoms with van der Waals surface area (Å²) >= 11 is 7.11. The van der Waals surface area contributed by atoms with Crippen LogP contribution in [0.4, 0.5) is 0 Å². The summed E-state index contributed by atoms with van der Waals surface area (Å²) in [5.41, 5.74) is 0. The maximum absolute atomic E-state index is 5.80. The fourth-order valence-electron chi connectivity index (χ4n) is 2.43. The van der Waals surface area contributed by atoms with E-state index in [0.717, 1.165) is 17.7 Å². The van der Waals surface area contributed by atoms with Crippen LogP contribution in [0.1, 0.15) is 51.3 Å². The van der Waals surface area contributed by atoms with Crippen molar-refractivity contribution in [3.05, 3.63) is 10.3 Å². The van der Waals surface area contributed by atoms with E-state index in [4.69, 9.17) is 11.6 Å². The molecule has 1 aliphatic rings. The van der Waals surface area contributed by atoms with E-state index < -0.39 is 0 Å². The van der Waals surface area contributed by atoms with E-state index >= 15 is 0 Å². The van der Waals surface area contributed by atoms with Gasteiger partial charge in [-0.25, -0.2) is 4.98 Å². The van der Waals surface area contributed by atoms with E-state index in [1.807, 2.05) is 0 Å². The van der Waals surface area contributed by atoms with Gasteiger partial charge >= 0.3 is 0 Å². The topological polar surface area (TPSA) is 25.8 Å². The van der Waals surface area contributed by atoms with Crippen LogP contribution in [-0.2, 0) is 0 Å². The average molecular weight is 245 g/mol. The molecule has 0 N–H and O–H groups in total. The molecule has 1 aliphatic carbocycles. The molecule has 15 heavy (non-hydrogen) atoms. The number of nitrogens with zero attached hydrogens (tertiary/aromatic N) is 2. The van der Waals surface area contributed by atoms with Crippen LogP contribution in [0.5, 0.6) is 0 Å². The van der Waals surface area contributed by atoms with Gasteiger partial charge in [0.25, 0.3) is 0 Å². The van der Waals surface area contributed by atoms with Crippen LogP contribution in [0, 0.1) is 11.8 Å². The van der Waals surface area contributed by atoms with Crippen molar-refractivity contribution in [3.63, 3.8) is 0 Å². The Bertz CT molecular complexity index is 316. The highest BCUT2D eigenvalue weighted by molar-refractivity contribution is 7.10. The summed E-state index contributed by atoms with van der Waals surface area (Å²) in [6.07, 6.45) is 5.10. The molecule has 0 atom stereocenters. The Kier molecular flexibility index (Phi) is 3.62. The molecule has 0 amide bonds. The lowest BCUT2D eigenvalue weighted by atomic mass is 9.77. The number of rotatable bonds is 2. The van der Waals surface area contributed by atoms with Gasteiger partial charge in [0, 0.05) is 5.92 Å². The zero-order chi connectivity index (χ0) is 10.8. The molecule has 0 saturated heterocycles. The zero-order valence-corrected chi connectivity index (χ0v) is 10.8. The second-order valence-electron chi connectivity index (χ2n) is 4.76. The van der Waals surface area contributed by atoms with Gasteiger partial charge in [0.2, 0.25) is 4.47 Å².